The first-order valence-electron chi connectivity index (χ1n) is 16.7. The fourth-order valence-corrected chi connectivity index (χ4v) is 7.32. The molecule has 2 saturated heterocycles. The molecule has 46 heavy (non-hydrogen) atoms. The summed E-state index contributed by atoms with van der Waals surface area (Å²) in [6.07, 6.45) is 12.6. The molecule has 2 aliphatic heterocycles. The van der Waals surface area contributed by atoms with Crippen molar-refractivity contribution < 1.29 is 24.2 Å². The van der Waals surface area contributed by atoms with Crippen molar-refractivity contribution in [2.45, 2.75) is 111 Å². The number of ether oxygens (including phenoxy) is 1. The summed E-state index contributed by atoms with van der Waals surface area (Å²) in [6, 6.07) is 2.11. The molecule has 0 saturated carbocycles. The van der Waals surface area contributed by atoms with Crippen LogP contribution in [0.3, 0.4) is 0 Å². The Hall–Kier alpha value is -3.17. The normalized spacial score (nSPS) is 16.3. The number of thioether (sulfide) groups is 1. The number of carboxylic acids is 1. The van der Waals surface area contributed by atoms with Gasteiger partial charge >= 0.3 is 11.9 Å². The van der Waals surface area contributed by atoms with Gasteiger partial charge in [0.05, 0.1) is 17.4 Å². The molecular formula is C34H48N4O6S2. The number of nitriles is 1. The Morgan fingerprint density at radius 1 is 1.02 bits per heavy atom. The third-order valence-corrected chi connectivity index (χ3v) is 10.0. The number of pyridine rings is 1. The van der Waals surface area contributed by atoms with Crippen molar-refractivity contribution in [1.82, 2.24) is 9.47 Å². The van der Waals surface area contributed by atoms with Gasteiger partial charge in [-0.2, -0.15) is 5.26 Å². The molecule has 2 aliphatic rings. The minimum absolute atomic E-state index is 0.0740. The second-order valence-corrected chi connectivity index (χ2v) is 13.7. The van der Waals surface area contributed by atoms with Gasteiger partial charge in [-0.05, 0) is 57.6 Å². The summed E-state index contributed by atoms with van der Waals surface area (Å²) < 4.78 is 7.43. The molecule has 252 valence electrons. The number of carboxylic acid groups (broad SMARTS) is 1. The number of aromatic nitrogens is 1. The van der Waals surface area contributed by atoms with E-state index in [9.17, 15) is 24.4 Å². The lowest BCUT2D eigenvalue weighted by Gasteiger charge is -2.35. The van der Waals surface area contributed by atoms with Crippen molar-refractivity contribution in [3.05, 3.63) is 31.9 Å². The van der Waals surface area contributed by atoms with E-state index in [2.05, 4.69) is 11.0 Å². The number of unbranched alkanes of at least 4 members (excludes halogenated alkanes) is 8. The van der Waals surface area contributed by atoms with Crippen molar-refractivity contribution in [3.8, 4) is 6.07 Å². The Kier molecular flexibility index (Phi) is 15.3. The van der Waals surface area contributed by atoms with Crippen LogP contribution in [0.15, 0.2) is 9.70 Å². The van der Waals surface area contributed by atoms with Crippen LogP contribution in [-0.4, -0.2) is 63.0 Å². The first kappa shape index (κ1) is 37.3. The lowest BCUT2D eigenvalue weighted by atomic mass is 9.95. The van der Waals surface area contributed by atoms with Gasteiger partial charge < -0.3 is 14.7 Å². The summed E-state index contributed by atoms with van der Waals surface area (Å²) in [5.74, 6) is -0.611. The SMILES string of the molecule is CCCCn1c(N2CCC(C(=O)OCC)CC2)c(C=C2SC(=S)N(CCCCCCCCCCC(=O)O)C2=O)c(C)c(C#N)c1=O. The quantitative estimate of drug-likeness (QED) is 0.0808. The molecule has 1 aromatic heterocycles. The van der Waals surface area contributed by atoms with E-state index in [1.165, 1.54) is 11.8 Å². The number of esters is 1. The van der Waals surface area contributed by atoms with Crippen LogP contribution in [0.1, 0.15) is 114 Å². The van der Waals surface area contributed by atoms with Gasteiger partial charge in [-0.25, -0.2) is 0 Å². The highest BCUT2D eigenvalue weighted by atomic mass is 32.2. The molecule has 2 fully saturated rings. The maximum Gasteiger partial charge on any atom is 0.309 e. The molecule has 0 unspecified atom stereocenters. The monoisotopic (exact) mass is 672 g/mol. The Morgan fingerprint density at radius 2 is 1.65 bits per heavy atom. The summed E-state index contributed by atoms with van der Waals surface area (Å²) >= 11 is 6.87. The van der Waals surface area contributed by atoms with E-state index in [4.69, 9.17) is 22.1 Å². The standard InChI is InChI=1S/C34H48N4O6S2/c1-4-6-18-37-30(36-20-16-25(17-21-36)33(43)44-5-2)26(24(3)27(23-35)31(37)41)22-28-32(42)38(34(45)46-28)19-14-12-10-8-7-9-11-13-15-29(39)40/h22,25H,4-21H2,1-3H3,(H,39,40). The Morgan fingerprint density at radius 3 is 2.24 bits per heavy atom. The molecule has 0 radical (unpaired) electrons. The number of hydrogen-bond acceptors (Lipinski definition) is 9. The molecule has 0 aromatic carbocycles. The molecule has 1 N–H and O–H groups in total. The van der Waals surface area contributed by atoms with Crippen molar-refractivity contribution in [2.75, 3.05) is 31.1 Å². The second kappa shape index (κ2) is 18.8. The maximum absolute atomic E-state index is 13.6. The van der Waals surface area contributed by atoms with E-state index in [1.54, 1.807) is 29.4 Å². The summed E-state index contributed by atoms with van der Waals surface area (Å²) in [5.41, 5.74) is 0.951. The third-order valence-electron chi connectivity index (χ3n) is 8.67. The zero-order valence-corrected chi connectivity index (χ0v) is 29.1. The molecule has 0 bridgehead atoms. The summed E-state index contributed by atoms with van der Waals surface area (Å²) in [6.45, 7) is 8.02. The van der Waals surface area contributed by atoms with Crippen LogP contribution < -0.4 is 10.5 Å². The summed E-state index contributed by atoms with van der Waals surface area (Å²) in [4.78, 5) is 54.5. The van der Waals surface area contributed by atoms with Gasteiger partial charge in [0.25, 0.3) is 11.5 Å². The largest absolute Gasteiger partial charge is 0.481 e. The van der Waals surface area contributed by atoms with Gasteiger partial charge in [0, 0.05) is 38.2 Å². The lowest BCUT2D eigenvalue weighted by molar-refractivity contribution is -0.148. The van der Waals surface area contributed by atoms with Crippen LogP contribution in [0.4, 0.5) is 5.82 Å². The Labute approximate surface area is 282 Å². The number of nitrogens with zero attached hydrogens (tertiary/aromatic N) is 4. The van der Waals surface area contributed by atoms with Crippen LogP contribution >= 0.6 is 24.0 Å². The maximum atomic E-state index is 13.6. The number of thiocarbonyl (C=S) groups is 1. The van der Waals surface area contributed by atoms with E-state index in [-0.39, 0.29) is 35.3 Å². The first-order chi connectivity index (χ1) is 22.1. The number of carbonyl (C=O) groups excluding carboxylic acids is 2. The van der Waals surface area contributed by atoms with E-state index in [1.807, 2.05) is 6.92 Å². The Bertz CT molecular complexity index is 1390. The fourth-order valence-electron chi connectivity index (χ4n) is 6.03. The number of piperidine rings is 1. The average Bonchev–Trinajstić information content (AvgIpc) is 3.30. The molecule has 1 amide bonds. The molecule has 1 aromatic rings. The number of aliphatic carboxylic acids is 1. The first-order valence-corrected chi connectivity index (χ1v) is 17.9. The number of rotatable bonds is 18. The Balaban J connectivity index is 1.77. The third kappa shape index (κ3) is 9.91. The molecule has 10 nitrogen and oxygen atoms in total. The van der Waals surface area contributed by atoms with Crippen molar-refractivity contribution >= 4 is 58.0 Å². The highest BCUT2D eigenvalue weighted by Gasteiger charge is 2.34. The van der Waals surface area contributed by atoms with Gasteiger partial charge in [-0.15, -0.1) is 0 Å². The van der Waals surface area contributed by atoms with Gasteiger partial charge in [0.2, 0.25) is 0 Å². The molecule has 0 spiro atoms. The molecule has 0 atom stereocenters. The van der Waals surface area contributed by atoms with Gasteiger partial charge in [-0.3, -0.25) is 28.6 Å². The molecule has 3 rings (SSSR count). The van der Waals surface area contributed by atoms with Crippen molar-refractivity contribution in [3.63, 3.8) is 0 Å². The average molecular weight is 673 g/mol. The molecular weight excluding hydrogens is 625 g/mol. The zero-order valence-electron chi connectivity index (χ0n) is 27.5. The zero-order chi connectivity index (χ0) is 33.6. The minimum Gasteiger partial charge on any atom is -0.481 e. The fraction of sp³-hybridized carbons (Fsp3) is 0.647. The number of carbonyl (C=O) groups is 3. The highest BCUT2D eigenvalue weighted by Crippen LogP contribution is 2.37. The molecule has 0 aliphatic carbocycles. The van der Waals surface area contributed by atoms with Gasteiger partial charge in [0.1, 0.15) is 21.8 Å². The molecule has 12 heteroatoms. The van der Waals surface area contributed by atoms with Gasteiger partial charge in [-0.1, -0.05) is 75.8 Å². The van der Waals surface area contributed by atoms with E-state index in [0.717, 1.165) is 64.2 Å². The van der Waals surface area contributed by atoms with Crippen LogP contribution in [0, 0.1) is 24.2 Å². The van der Waals surface area contributed by atoms with E-state index < -0.39 is 5.97 Å². The van der Waals surface area contributed by atoms with Crippen molar-refractivity contribution in [2.24, 2.45) is 5.92 Å². The van der Waals surface area contributed by atoms with E-state index >= 15 is 0 Å². The smallest absolute Gasteiger partial charge is 0.309 e. The van der Waals surface area contributed by atoms with Crippen LogP contribution in [0.2, 0.25) is 0 Å². The second-order valence-electron chi connectivity index (χ2n) is 12.0. The predicted molar refractivity (Wildman–Crippen MR) is 186 cm³/mol. The van der Waals surface area contributed by atoms with E-state index in [0.29, 0.717) is 71.8 Å². The number of hydrogen-bond donors (Lipinski definition) is 1. The summed E-state index contributed by atoms with van der Waals surface area (Å²) in [5, 5.41) is 18.7. The van der Waals surface area contributed by atoms with Crippen LogP contribution in [0.25, 0.3) is 6.08 Å². The highest BCUT2D eigenvalue weighted by molar-refractivity contribution is 8.26. The topological polar surface area (TPSA) is 133 Å². The van der Waals surface area contributed by atoms with Crippen LogP contribution in [0.5, 0.6) is 0 Å². The number of amides is 1. The lowest BCUT2D eigenvalue weighted by Crippen LogP contribution is -2.41. The van der Waals surface area contributed by atoms with Crippen LogP contribution in [-0.2, 0) is 25.7 Å². The van der Waals surface area contributed by atoms with Gasteiger partial charge in [0.15, 0.2) is 0 Å². The van der Waals surface area contributed by atoms with Crippen molar-refractivity contribution in [1.29, 1.82) is 5.26 Å². The minimum atomic E-state index is -0.739. The summed E-state index contributed by atoms with van der Waals surface area (Å²) in [7, 11) is 0. The predicted octanol–water partition coefficient (Wildman–Crippen LogP) is 6.40. The number of anilines is 1. The molecule has 3 heterocycles.